The lowest BCUT2D eigenvalue weighted by molar-refractivity contribution is 0.0123. The van der Waals surface area contributed by atoms with Crippen LogP contribution >= 0.6 is 0 Å². The molecular formula is C7H8F2N2. The van der Waals surface area contributed by atoms with E-state index in [-0.39, 0.29) is 5.69 Å². The van der Waals surface area contributed by atoms with Crippen LogP contribution in [0.25, 0.3) is 0 Å². The van der Waals surface area contributed by atoms with Gasteiger partial charge in [0.05, 0.1) is 11.9 Å². The Hall–Kier alpha value is -1.06. The van der Waals surface area contributed by atoms with E-state index in [1.807, 2.05) is 0 Å². The Morgan fingerprint density at radius 3 is 2.27 bits per heavy atom. The second-order valence-electron chi connectivity index (χ2n) is 2.43. The van der Waals surface area contributed by atoms with Crippen molar-refractivity contribution in [1.29, 1.82) is 0 Å². The first-order chi connectivity index (χ1) is 5.00. The SMILES string of the molecule is Cc1cnc(C(C)(F)F)cn1. The van der Waals surface area contributed by atoms with E-state index in [9.17, 15) is 8.78 Å². The zero-order valence-corrected chi connectivity index (χ0v) is 6.31. The number of nitrogens with zero attached hydrogens (tertiary/aromatic N) is 2. The van der Waals surface area contributed by atoms with E-state index >= 15 is 0 Å². The second kappa shape index (κ2) is 2.53. The van der Waals surface area contributed by atoms with E-state index in [0.29, 0.717) is 5.69 Å². The van der Waals surface area contributed by atoms with Gasteiger partial charge in [0.25, 0.3) is 5.92 Å². The van der Waals surface area contributed by atoms with Crippen LogP contribution in [0.3, 0.4) is 0 Å². The number of aromatic nitrogens is 2. The van der Waals surface area contributed by atoms with Crippen molar-refractivity contribution in [2.75, 3.05) is 0 Å². The van der Waals surface area contributed by atoms with Crippen LogP contribution in [0.5, 0.6) is 0 Å². The smallest absolute Gasteiger partial charge is 0.258 e. The van der Waals surface area contributed by atoms with Crippen molar-refractivity contribution in [1.82, 2.24) is 9.97 Å². The van der Waals surface area contributed by atoms with Gasteiger partial charge in [-0.1, -0.05) is 0 Å². The Morgan fingerprint density at radius 1 is 1.27 bits per heavy atom. The number of hydrogen-bond acceptors (Lipinski definition) is 2. The van der Waals surface area contributed by atoms with Crippen molar-refractivity contribution in [3.05, 3.63) is 23.8 Å². The van der Waals surface area contributed by atoms with E-state index in [2.05, 4.69) is 9.97 Å². The highest BCUT2D eigenvalue weighted by Crippen LogP contribution is 2.23. The lowest BCUT2D eigenvalue weighted by Crippen LogP contribution is -2.10. The lowest BCUT2D eigenvalue weighted by Gasteiger charge is -2.07. The molecule has 0 saturated carbocycles. The van der Waals surface area contributed by atoms with Gasteiger partial charge in [0.2, 0.25) is 0 Å². The van der Waals surface area contributed by atoms with Crippen LogP contribution in [0.1, 0.15) is 18.3 Å². The van der Waals surface area contributed by atoms with Crippen molar-refractivity contribution in [2.24, 2.45) is 0 Å². The highest BCUT2D eigenvalue weighted by Gasteiger charge is 2.25. The molecule has 0 unspecified atom stereocenters. The van der Waals surface area contributed by atoms with Crippen LogP contribution in [0.15, 0.2) is 12.4 Å². The number of aryl methyl sites for hydroxylation is 1. The van der Waals surface area contributed by atoms with Gasteiger partial charge in [-0.15, -0.1) is 0 Å². The molecule has 0 aromatic carbocycles. The maximum absolute atomic E-state index is 12.5. The molecule has 1 aromatic rings. The third-order valence-corrected chi connectivity index (χ3v) is 1.23. The summed E-state index contributed by atoms with van der Waals surface area (Å²) in [6.45, 7) is 2.50. The van der Waals surface area contributed by atoms with Crippen LogP contribution in [-0.2, 0) is 5.92 Å². The van der Waals surface area contributed by atoms with Crippen molar-refractivity contribution in [3.63, 3.8) is 0 Å². The molecule has 2 nitrogen and oxygen atoms in total. The Morgan fingerprint density at radius 2 is 1.91 bits per heavy atom. The van der Waals surface area contributed by atoms with Crippen LogP contribution in [0.2, 0.25) is 0 Å². The first-order valence-electron chi connectivity index (χ1n) is 3.17. The first kappa shape index (κ1) is 8.04. The zero-order valence-electron chi connectivity index (χ0n) is 6.31. The van der Waals surface area contributed by atoms with Gasteiger partial charge >= 0.3 is 0 Å². The van der Waals surface area contributed by atoms with E-state index in [0.717, 1.165) is 13.1 Å². The van der Waals surface area contributed by atoms with Crippen molar-refractivity contribution >= 4 is 0 Å². The molecule has 0 saturated heterocycles. The largest absolute Gasteiger partial charge is 0.288 e. The molecule has 0 spiro atoms. The van der Waals surface area contributed by atoms with Crippen LogP contribution in [0, 0.1) is 6.92 Å². The monoisotopic (exact) mass is 158 g/mol. The molecule has 4 heteroatoms. The average molecular weight is 158 g/mol. The van der Waals surface area contributed by atoms with Gasteiger partial charge in [-0.25, -0.2) is 0 Å². The summed E-state index contributed by atoms with van der Waals surface area (Å²) in [6.07, 6.45) is 2.42. The van der Waals surface area contributed by atoms with Crippen molar-refractivity contribution in [2.45, 2.75) is 19.8 Å². The van der Waals surface area contributed by atoms with Crippen molar-refractivity contribution < 1.29 is 8.78 Å². The Balaban J connectivity index is 2.99. The second-order valence-corrected chi connectivity index (χ2v) is 2.43. The van der Waals surface area contributed by atoms with Crippen molar-refractivity contribution in [3.8, 4) is 0 Å². The fraction of sp³-hybridized carbons (Fsp3) is 0.429. The fourth-order valence-corrected chi connectivity index (χ4v) is 0.619. The molecule has 1 heterocycles. The molecule has 0 amide bonds. The molecule has 60 valence electrons. The summed E-state index contributed by atoms with van der Waals surface area (Å²) in [5, 5.41) is 0. The maximum atomic E-state index is 12.5. The molecule has 0 radical (unpaired) electrons. The highest BCUT2D eigenvalue weighted by molar-refractivity contribution is 5.05. The van der Waals surface area contributed by atoms with Crippen LogP contribution in [0.4, 0.5) is 8.78 Å². The molecule has 0 aliphatic rings. The molecule has 0 fully saturated rings. The molecule has 0 atom stereocenters. The molecule has 0 bridgehead atoms. The number of alkyl halides is 2. The number of rotatable bonds is 1. The molecule has 11 heavy (non-hydrogen) atoms. The van der Waals surface area contributed by atoms with Gasteiger partial charge in [0.15, 0.2) is 0 Å². The zero-order chi connectivity index (χ0) is 8.48. The number of halogens is 2. The van der Waals surface area contributed by atoms with E-state index in [1.54, 1.807) is 6.92 Å². The third-order valence-electron chi connectivity index (χ3n) is 1.23. The lowest BCUT2D eigenvalue weighted by atomic mass is 10.3. The van der Waals surface area contributed by atoms with Gasteiger partial charge in [0.1, 0.15) is 5.69 Å². The Kier molecular flexibility index (Phi) is 1.85. The topological polar surface area (TPSA) is 25.8 Å². The van der Waals surface area contributed by atoms with Crippen LogP contribution < -0.4 is 0 Å². The predicted molar refractivity (Wildman–Crippen MR) is 36.3 cm³/mol. The summed E-state index contributed by atoms with van der Waals surface area (Å²) in [7, 11) is 0. The minimum atomic E-state index is -2.89. The molecular weight excluding hydrogens is 150 g/mol. The summed E-state index contributed by atoms with van der Waals surface area (Å²) in [4.78, 5) is 7.24. The quantitative estimate of drug-likeness (QED) is 0.623. The Bertz CT molecular complexity index is 238. The standard InChI is InChI=1S/C7H8F2N2/c1-5-3-11-6(4-10-5)7(2,8)9/h3-4H,1-2H3. The van der Waals surface area contributed by atoms with Gasteiger partial charge in [0, 0.05) is 13.1 Å². The minimum Gasteiger partial charge on any atom is -0.258 e. The van der Waals surface area contributed by atoms with Gasteiger partial charge in [-0.2, -0.15) is 8.78 Å². The third kappa shape index (κ3) is 1.93. The van der Waals surface area contributed by atoms with Gasteiger partial charge in [-0.05, 0) is 6.92 Å². The summed E-state index contributed by atoms with van der Waals surface area (Å²) in [6, 6.07) is 0. The highest BCUT2D eigenvalue weighted by atomic mass is 19.3. The molecule has 0 aliphatic heterocycles. The van der Waals surface area contributed by atoms with Gasteiger partial charge in [-0.3, -0.25) is 9.97 Å². The van der Waals surface area contributed by atoms with E-state index in [4.69, 9.17) is 0 Å². The van der Waals surface area contributed by atoms with Gasteiger partial charge < -0.3 is 0 Å². The summed E-state index contributed by atoms with van der Waals surface area (Å²) in [5.41, 5.74) is 0.348. The average Bonchev–Trinajstić information content (AvgIpc) is 1.86. The summed E-state index contributed by atoms with van der Waals surface area (Å²) in [5.74, 6) is -2.89. The number of hydrogen-bond donors (Lipinski definition) is 0. The normalized spacial score (nSPS) is 11.6. The Labute approximate surface area is 63.3 Å². The maximum Gasteiger partial charge on any atom is 0.288 e. The molecule has 0 N–H and O–H groups in total. The fourth-order valence-electron chi connectivity index (χ4n) is 0.619. The molecule has 0 aliphatic carbocycles. The summed E-state index contributed by atoms with van der Waals surface area (Å²) < 4.78 is 25.0. The predicted octanol–water partition coefficient (Wildman–Crippen LogP) is 1.90. The van der Waals surface area contributed by atoms with Crippen LogP contribution in [-0.4, -0.2) is 9.97 Å². The minimum absolute atomic E-state index is 0.289. The van der Waals surface area contributed by atoms with E-state index < -0.39 is 5.92 Å². The summed E-state index contributed by atoms with van der Waals surface area (Å²) >= 11 is 0. The molecule has 1 rings (SSSR count). The van der Waals surface area contributed by atoms with E-state index in [1.165, 1.54) is 6.20 Å². The first-order valence-corrected chi connectivity index (χ1v) is 3.17. The molecule has 1 aromatic heterocycles.